The van der Waals surface area contributed by atoms with Crippen molar-refractivity contribution >= 4 is 5.91 Å². The molecule has 4 heteroatoms. The Balaban J connectivity index is 1.73. The van der Waals surface area contributed by atoms with Crippen LogP contribution in [0.2, 0.25) is 0 Å². The van der Waals surface area contributed by atoms with Crippen LogP contribution in [0.3, 0.4) is 0 Å². The van der Waals surface area contributed by atoms with Gasteiger partial charge in [-0.1, -0.05) is 39.0 Å². The van der Waals surface area contributed by atoms with Gasteiger partial charge in [-0.2, -0.15) is 0 Å². The monoisotopic (exact) mass is 338 g/mol. The molecule has 0 saturated carbocycles. The van der Waals surface area contributed by atoms with Gasteiger partial charge in [0, 0.05) is 24.3 Å². The van der Waals surface area contributed by atoms with E-state index in [9.17, 15) is 4.79 Å². The van der Waals surface area contributed by atoms with Crippen LogP contribution in [0.25, 0.3) is 0 Å². The highest BCUT2D eigenvalue weighted by atomic mass is 16.5. The minimum absolute atomic E-state index is 0.0409. The van der Waals surface area contributed by atoms with Crippen LogP contribution >= 0.6 is 0 Å². The Morgan fingerprint density at radius 2 is 1.96 bits per heavy atom. The van der Waals surface area contributed by atoms with Crippen molar-refractivity contribution in [2.75, 3.05) is 6.54 Å². The number of fused-ring (bicyclic) bond motifs is 1. The predicted molar refractivity (Wildman–Crippen MR) is 98.7 cm³/mol. The lowest BCUT2D eigenvalue weighted by molar-refractivity contribution is 0.0526. The van der Waals surface area contributed by atoms with E-state index in [0.717, 1.165) is 29.8 Å². The van der Waals surface area contributed by atoms with Crippen molar-refractivity contribution in [1.82, 2.24) is 9.88 Å². The fourth-order valence-electron chi connectivity index (χ4n) is 3.02. The number of rotatable bonds is 4. The molecule has 1 aliphatic rings. The van der Waals surface area contributed by atoms with E-state index in [2.05, 4.69) is 38.7 Å². The standard InChI is InChI=1S/C21H26N2O2/c1-15(21(2,3)4)23-11-10-17-12-16(13-22-19(17)20(23)24)14-25-18-8-6-5-7-9-18/h5-9,12-13,15H,10-11,14H2,1-4H3/t15-/m1/s1. The molecule has 3 rings (SSSR count). The van der Waals surface area contributed by atoms with Crippen LogP contribution < -0.4 is 4.74 Å². The summed E-state index contributed by atoms with van der Waals surface area (Å²) < 4.78 is 5.78. The zero-order chi connectivity index (χ0) is 18.0. The van der Waals surface area contributed by atoms with E-state index < -0.39 is 0 Å². The smallest absolute Gasteiger partial charge is 0.273 e. The number of nitrogens with zero attached hydrogens (tertiary/aromatic N) is 2. The summed E-state index contributed by atoms with van der Waals surface area (Å²) in [5.74, 6) is 0.876. The van der Waals surface area contributed by atoms with Crippen molar-refractivity contribution in [1.29, 1.82) is 0 Å². The predicted octanol–water partition coefficient (Wildman–Crippen LogP) is 4.09. The summed E-state index contributed by atoms with van der Waals surface area (Å²) in [4.78, 5) is 19.2. The number of carbonyl (C=O) groups excluding carboxylic acids is 1. The second kappa shape index (κ2) is 6.87. The molecule has 0 saturated heterocycles. The molecule has 0 aliphatic carbocycles. The van der Waals surface area contributed by atoms with Crippen LogP contribution in [0.4, 0.5) is 0 Å². The maximum Gasteiger partial charge on any atom is 0.273 e. The number of amides is 1. The molecular weight excluding hydrogens is 312 g/mol. The van der Waals surface area contributed by atoms with Gasteiger partial charge in [0.05, 0.1) is 0 Å². The van der Waals surface area contributed by atoms with Gasteiger partial charge >= 0.3 is 0 Å². The number of carbonyl (C=O) groups is 1. The third-order valence-electron chi connectivity index (χ3n) is 4.98. The Kier molecular flexibility index (Phi) is 4.80. The Bertz CT molecular complexity index is 750. The zero-order valence-corrected chi connectivity index (χ0v) is 15.5. The SMILES string of the molecule is C[C@@H](N1CCc2cc(COc3ccccc3)cnc2C1=O)C(C)(C)C. The number of hydrogen-bond donors (Lipinski definition) is 0. The van der Waals surface area contributed by atoms with Crippen molar-refractivity contribution in [3.63, 3.8) is 0 Å². The molecule has 2 heterocycles. The normalized spacial score (nSPS) is 15.7. The van der Waals surface area contributed by atoms with Crippen molar-refractivity contribution in [3.8, 4) is 5.75 Å². The number of ether oxygens (including phenoxy) is 1. The lowest BCUT2D eigenvalue weighted by Crippen LogP contribution is -2.49. The molecule has 1 amide bonds. The lowest BCUT2D eigenvalue weighted by Gasteiger charge is -2.40. The second-order valence-electron chi connectivity index (χ2n) is 7.74. The molecule has 0 unspecified atom stereocenters. The zero-order valence-electron chi connectivity index (χ0n) is 15.5. The maximum absolute atomic E-state index is 12.8. The molecule has 0 spiro atoms. The summed E-state index contributed by atoms with van der Waals surface area (Å²) in [6, 6.07) is 12.0. The number of aromatic nitrogens is 1. The summed E-state index contributed by atoms with van der Waals surface area (Å²) in [6.07, 6.45) is 2.60. The first-order valence-corrected chi connectivity index (χ1v) is 8.83. The fraction of sp³-hybridized carbons (Fsp3) is 0.429. The van der Waals surface area contributed by atoms with E-state index >= 15 is 0 Å². The fourth-order valence-corrected chi connectivity index (χ4v) is 3.02. The van der Waals surface area contributed by atoms with Gasteiger partial charge in [0.15, 0.2) is 0 Å². The summed E-state index contributed by atoms with van der Waals surface area (Å²) in [7, 11) is 0. The van der Waals surface area contributed by atoms with E-state index in [0.29, 0.717) is 12.3 Å². The minimum Gasteiger partial charge on any atom is -0.489 e. The lowest BCUT2D eigenvalue weighted by atomic mass is 9.85. The van der Waals surface area contributed by atoms with Crippen LogP contribution in [0, 0.1) is 5.41 Å². The Hall–Kier alpha value is -2.36. The number of pyridine rings is 1. The van der Waals surface area contributed by atoms with Crippen LogP contribution in [0.5, 0.6) is 5.75 Å². The van der Waals surface area contributed by atoms with E-state index in [-0.39, 0.29) is 17.4 Å². The molecule has 0 radical (unpaired) electrons. The highest BCUT2D eigenvalue weighted by Gasteiger charge is 2.34. The molecule has 1 aliphatic heterocycles. The quantitative estimate of drug-likeness (QED) is 0.843. The number of para-hydroxylation sites is 1. The molecule has 1 aromatic heterocycles. The van der Waals surface area contributed by atoms with Gasteiger partial charge in [-0.3, -0.25) is 9.78 Å². The number of benzene rings is 1. The van der Waals surface area contributed by atoms with Gasteiger partial charge < -0.3 is 9.64 Å². The summed E-state index contributed by atoms with van der Waals surface area (Å²) in [6.45, 7) is 9.81. The molecule has 4 nitrogen and oxygen atoms in total. The summed E-state index contributed by atoms with van der Waals surface area (Å²) in [5, 5.41) is 0. The van der Waals surface area contributed by atoms with Crippen LogP contribution in [-0.2, 0) is 13.0 Å². The summed E-state index contributed by atoms with van der Waals surface area (Å²) >= 11 is 0. The first-order chi connectivity index (χ1) is 11.9. The second-order valence-corrected chi connectivity index (χ2v) is 7.74. The van der Waals surface area contributed by atoms with Crippen LogP contribution in [-0.4, -0.2) is 28.4 Å². The molecule has 1 atom stereocenters. The van der Waals surface area contributed by atoms with Gasteiger partial charge in [-0.05, 0) is 42.5 Å². The Morgan fingerprint density at radius 3 is 2.64 bits per heavy atom. The molecular formula is C21H26N2O2. The third-order valence-corrected chi connectivity index (χ3v) is 4.98. The molecule has 0 bridgehead atoms. The Labute approximate surface area is 149 Å². The topological polar surface area (TPSA) is 42.4 Å². The highest BCUT2D eigenvalue weighted by molar-refractivity contribution is 5.95. The number of hydrogen-bond acceptors (Lipinski definition) is 3. The third kappa shape index (κ3) is 3.84. The molecule has 25 heavy (non-hydrogen) atoms. The first kappa shape index (κ1) is 17.5. The average molecular weight is 338 g/mol. The van der Waals surface area contributed by atoms with Crippen molar-refractivity contribution in [2.24, 2.45) is 5.41 Å². The minimum atomic E-state index is 0.0409. The average Bonchev–Trinajstić information content (AvgIpc) is 2.60. The van der Waals surface area contributed by atoms with Crippen LogP contribution in [0.1, 0.15) is 49.3 Å². The maximum atomic E-state index is 12.8. The molecule has 132 valence electrons. The first-order valence-electron chi connectivity index (χ1n) is 8.83. The molecule has 0 fully saturated rings. The largest absolute Gasteiger partial charge is 0.489 e. The van der Waals surface area contributed by atoms with Gasteiger partial charge in [0.1, 0.15) is 18.1 Å². The van der Waals surface area contributed by atoms with Gasteiger partial charge in [0.2, 0.25) is 0 Å². The Morgan fingerprint density at radius 1 is 1.24 bits per heavy atom. The van der Waals surface area contributed by atoms with E-state index in [1.165, 1.54) is 0 Å². The van der Waals surface area contributed by atoms with Crippen molar-refractivity contribution in [3.05, 3.63) is 59.4 Å². The molecule has 2 aromatic rings. The van der Waals surface area contributed by atoms with Gasteiger partial charge in [0.25, 0.3) is 5.91 Å². The molecule has 1 aromatic carbocycles. The van der Waals surface area contributed by atoms with Gasteiger partial charge in [-0.15, -0.1) is 0 Å². The highest BCUT2D eigenvalue weighted by Crippen LogP contribution is 2.28. The van der Waals surface area contributed by atoms with E-state index in [1.54, 1.807) is 6.20 Å². The molecule has 0 N–H and O–H groups in total. The van der Waals surface area contributed by atoms with Crippen LogP contribution in [0.15, 0.2) is 42.6 Å². The van der Waals surface area contributed by atoms with Crippen molar-refractivity contribution < 1.29 is 9.53 Å². The van der Waals surface area contributed by atoms with E-state index in [1.807, 2.05) is 35.2 Å². The van der Waals surface area contributed by atoms with E-state index in [4.69, 9.17) is 4.74 Å². The van der Waals surface area contributed by atoms with Gasteiger partial charge in [-0.25, -0.2) is 0 Å². The summed E-state index contributed by atoms with van der Waals surface area (Å²) in [5.41, 5.74) is 2.66. The van der Waals surface area contributed by atoms with Crippen molar-refractivity contribution in [2.45, 2.75) is 46.8 Å².